The molecule has 1 unspecified atom stereocenters. The van der Waals surface area contributed by atoms with Crippen LogP contribution in [0.1, 0.15) is 32.1 Å². The zero-order chi connectivity index (χ0) is 8.43. The first-order valence-electron chi connectivity index (χ1n) is 3.83. The number of anilines is 1. The molecule has 1 aromatic rings. The molecule has 1 aromatic heterocycles. The molecule has 4 heteroatoms. The standard InChI is InChI=1S/C7H14N4/c1-4-5(2)11-7(8)9-6(3)10-11/h5H,4H2,1-3H3,(H2,8,9,10). The van der Waals surface area contributed by atoms with Gasteiger partial charge in [-0.15, -0.1) is 0 Å². The summed E-state index contributed by atoms with van der Waals surface area (Å²) in [5.41, 5.74) is 5.61. The minimum atomic E-state index is 0.344. The van der Waals surface area contributed by atoms with Crippen LogP contribution in [0.3, 0.4) is 0 Å². The van der Waals surface area contributed by atoms with Crippen molar-refractivity contribution in [3.8, 4) is 0 Å². The van der Waals surface area contributed by atoms with Gasteiger partial charge in [-0.1, -0.05) is 6.92 Å². The molecule has 0 aliphatic heterocycles. The van der Waals surface area contributed by atoms with Gasteiger partial charge in [-0.2, -0.15) is 10.1 Å². The van der Waals surface area contributed by atoms with E-state index in [1.165, 1.54) is 0 Å². The van der Waals surface area contributed by atoms with Crippen molar-refractivity contribution in [3.63, 3.8) is 0 Å². The van der Waals surface area contributed by atoms with Crippen LogP contribution in [-0.4, -0.2) is 14.8 Å². The molecule has 0 spiro atoms. The van der Waals surface area contributed by atoms with Gasteiger partial charge in [0.05, 0.1) is 6.04 Å². The average molecular weight is 154 g/mol. The Labute approximate surface area is 66.4 Å². The maximum Gasteiger partial charge on any atom is 0.218 e. The molecule has 0 bridgehead atoms. The number of hydrogen-bond acceptors (Lipinski definition) is 3. The molecule has 1 atom stereocenters. The molecule has 0 radical (unpaired) electrons. The fourth-order valence-electron chi connectivity index (χ4n) is 0.944. The number of hydrogen-bond donors (Lipinski definition) is 1. The summed E-state index contributed by atoms with van der Waals surface area (Å²) in [5, 5.41) is 4.16. The highest BCUT2D eigenvalue weighted by Gasteiger charge is 2.07. The van der Waals surface area contributed by atoms with Gasteiger partial charge in [-0.25, -0.2) is 4.68 Å². The molecular weight excluding hydrogens is 140 g/mol. The molecule has 2 N–H and O–H groups in total. The summed E-state index contributed by atoms with van der Waals surface area (Å²) in [5.74, 6) is 1.25. The second-order valence-corrected chi connectivity index (χ2v) is 2.72. The summed E-state index contributed by atoms with van der Waals surface area (Å²) in [6, 6.07) is 0.344. The van der Waals surface area contributed by atoms with Crippen molar-refractivity contribution in [1.29, 1.82) is 0 Å². The van der Waals surface area contributed by atoms with Gasteiger partial charge < -0.3 is 5.73 Å². The summed E-state index contributed by atoms with van der Waals surface area (Å²) >= 11 is 0. The lowest BCUT2D eigenvalue weighted by Gasteiger charge is -2.08. The molecule has 0 saturated heterocycles. The monoisotopic (exact) mass is 154 g/mol. The smallest absolute Gasteiger partial charge is 0.218 e. The molecule has 0 aromatic carbocycles. The summed E-state index contributed by atoms with van der Waals surface area (Å²) < 4.78 is 1.76. The molecule has 0 saturated carbocycles. The Morgan fingerprint density at radius 2 is 2.27 bits per heavy atom. The lowest BCUT2D eigenvalue weighted by atomic mass is 10.3. The Balaban J connectivity index is 2.93. The number of nitrogens with two attached hydrogens (primary N) is 1. The van der Waals surface area contributed by atoms with Crippen LogP contribution < -0.4 is 5.73 Å². The highest BCUT2D eigenvalue weighted by atomic mass is 15.4. The highest BCUT2D eigenvalue weighted by molar-refractivity contribution is 5.16. The van der Waals surface area contributed by atoms with Crippen molar-refractivity contribution in [2.24, 2.45) is 0 Å². The molecule has 62 valence electrons. The summed E-state index contributed by atoms with van der Waals surface area (Å²) in [6.07, 6.45) is 1.02. The highest BCUT2D eigenvalue weighted by Crippen LogP contribution is 2.12. The van der Waals surface area contributed by atoms with Gasteiger partial charge in [0.15, 0.2) is 0 Å². The van der Waals surface area contributed by atoms with Crippen molar-refractivity contribution < 1.29 is 0 Å². The molecule has 11 heavy (non-hydrogen) atoms. The van der Waals surface area contributed by atoms with Crippen LogP contribution in [0.5, 0.6) is 0 Å². The van der Waals surface area contributed by atoms with Gasteiger partial charge in [0, 0.05) is 0 Å². The third-order valence-corrected chi connectivity index (χ3v) is 1.77. The quantitative estimate of drug-likeness (QED) is 0.695. The van der Waals surface area contributed by atoms with Crippen molar-refractivity contribution in [1.82, 2.24) is 14.8 Å². The number of aromatic nitrogens is 3. The van der Waals surface area contributed by atoms with E-state index in [1.807, 2.05) is 6.92 Å². The van der Waals surface area contributed by atoms with E-state index in [0.717, 1.165) is 12.2 Å². The topological polar surface area (TPSA) is 56.7 Å². The maximum absolute atomic E-state index is 5.61. The molecule has 1 heterocycles. The molecule has 0 aliphatic rings. The van der Waals surface area contributed by atoms with Crippen LogP contribution in [0.25, 0.3) is 0 Å². The van der Waals surface area contributed by atoms with Gasteiger partial charge in [-0.05, 0) is 20.3 Å². The number of nitrogens with zero attached hydrogens (tertiary/aromatic N) is 3. The second kappa shape index (κ2) is 2.90. The lowest BCUT2D eigenvalue weighted by Crippen LogP contribution is -2.09. The molecule has 4 nitrogen and oxygen atoms in total. The average Bonchev–Trinajstić information content (AvgIpc) is 2.28. The molecule has 0 amide bonds. The van der Waals surface area contributed by atoms with Gasteiger partial charge in [0.1, 0.15) is 5.82 Å². The summed E-state index contributed by atoms with van der Waals surface area (Å²) in [6.45, 7) is 6.01. The van der Waals surface area contributed by atoms with E-state index in [9.17, 15) is 0 Å². The number of nitrogen functional groups attached to an aromatic ring is 1. The van der Waals surface area contributed by atoms with E-state index >= 15 is 0 Å². The normalized spacial score (nSPS) is 13.4. The van der Waals surface area contributed by atoms with E-state index in [-0.39, 0.29) is 0 Å². The first-order chi connectivity index (χ1) is 5.15. The van der Waals surface area contributed by atoms with Gasteiger partial charge in [0.2, 0.25) is 5.95 Å². The maximum atomic E-state index is 5.61. The summed E-state index contributed by atoms with van der Waals surface area (Å²) in [7, 11) is 0. The molecular formula is C7H14N4. The number of rotatable bonds is 2. The van der Waals surface area contributed by atoms with Crippen molar-refractivity contribution >= 4 is 5.95 Å². The fraction of sp³-hybridized carbons (Fsp3) is 0.714. The van der Waals surface area contributed by atoms with Crippen LogP contribution in [0.4, 0.5) is 5.95 Å². The molecule has 1 rings (SSSR count). The predicted octanol–water partition coefficient (Wildman–Crippen LogP) is 1.14. The van der Waals surface area contributed by atoms with Crippen molar-refractivity contribution in [2.75, 3.05) is 5.73 Å². The minimum absolute atomic E-state index is 0.344. The Bertz CT molecular complexity index is 241. The summed E-state index contributed by atoms with van der Waals surface area (Å²) in [4.78, 5) is 4.01. The van der Waals surface area contributed by atoms with Gasteiger partial charge in [-0.3, -0.25) is 0 Å². The van der Waals surface area contributed by atoms with E-state index in [0.29, 0.717) is 12.0 Å². The third-order valence-electron chi connectivity index (χ3n) is 1.77. The fourth-order valence-corrected chi connectivity index (χ4v) is 0.944. The van der Waals surface area contributed by atoms with E-state index in [2.05, 4.69) is 23.9 Å². The minimum Gasteiger partial charge on any atom is -0.368 e. The van der Waals surface area contributed by atoms with E-state index in [4.69, 9.17) is 5.73 Å². The Kier molecular flexibility index (Phi) is 2.12. The molecule has 0 fully saturated rings. The SMILES string of the molecule is CCC(C)n1nc(C)nc1N. The van der Waals surface area contributed by atoms with Gasteiger partial charge >= 0.3 is 0 Å². The van der Waals surface area contributed by atoms with Crippen LogP contribution in [0.15, 0.2) is 0 Å². The van der Waals surface area contributed by atoms with Gasteiger partial charge in [0.25, 0.3) is 0 Å². The molecule has 0 aliphatic carbocycles. The lowest BCUT2D eigenvalue weighted by molar-refractivity contribution is 0.482. The zero-order valence-corrected chi connectivity index (χ0v) is 7.20. The number of aryl methyl sites for hydroxylation is 1. The first kappa shape index (κ1) is 8.04. The van der Waals surface area contributed by atoms with Crippen molar-refractivity contribution in [2.45, 2.75) is 33.2 Å². The second-order valence-electron chi connectivity index (χ2n) is 2.72. The van der Waals surface area contributed by atoms with Crippen LogP contribution >= 0.6 is 0 Å². The predicted molar refractivity (Wildman–Crippen MR) is 44.2 cm³/mol. The Morgan fingerprint density at radius 1 is 1.64 bits per heavy atom. The Morgan fingerprint density at radius 3 is 2.64 bits per heavy atom. The third kappa shape index (κ3) is 1.50. The Hall–Kier alpha value is -1.06. The van der Waals surface area contributed by atoms with Crippen LogP contribution in [0, 0.1) is 6.92 Å². The van der Waals surface area contributed by atoms with Crippen LogP contribution in [0.2, 0.25) is 0 Å². The van der Waals surface area contributed by atoms with E-state index < -0.39 is 0 Å². The first-order valence-corrected chi connectivity index (χ1v) is 3.83. The zero-order valence-electron chi connectivity index (χ0n) is 7.20. The van der Waals surface area contributed by atoms with E-state index in [1.54, 1.807) is 4.68 Å². The van der Waals surface area contributed by atoms with Crippen molar-refractivity contribution in [3.05, 3.63) is 5.82 Å². The van der Waals surface area contributed by atoms with Crippen LogP contribution in [-0.2, 0) is 0 Å². The largest absolute Gasteiger partial charge is 0.368 e.